The summed E-state index contributed by atoms with van der Waals surface area (Å²) in [5.74, 6) is -0.782. The number of alkyl halides is 3. The molecule has 19 heavy (non-hydrogen) atoms. The van der Waals surface area contributed by atoms with Gasteiger partial charge in [-0.15, -0.1) is 0 Å². The molecule has 0 saturated heterocycles. The first-order chi connectivity index (χ1) is 8.74. The first-order valence-corrected chi connectivity index (χ1v) is 6.92. The molecule has 106 valence electrons. The lowest BCUT2D eigenvalue weighted by molar-refractivity contribution is -0.138. The fourth-order valence-electron chi connectivity index (χ4n) is 2.57. The van der Waals surface area contributed by atoms with Crippen LogP contribution in [0, 0.1) is 0 Å². The van der Waals surface area contributed by atoms with Crippen molar-refractivity contribution in [2.45, 2.75) is 43.8 Å². The molecule has 1 aliphatic carbocycles. The Kier molecular flexibility index (Phi) is 3.84. The molecule has 3 N–H and O–H groups in total. The molecule has 0 spiro atoms. The van der Waals surface area contributed by atoms with Gasteiger partial charge in [-0.2, -0.15) is 13.2 Å². The van der Waals surface area contributed by atoms with E-state index in [0.29, 0.717) is 18.4 Å². The number of halogens is 4. The number of phenolic OH excluding ortho intramolecular Hbond substituents is 1. The number of benzene rings is 1. The van der Waals surface area contributed by atoms with E-state index in [1.54, 1.807) is 0 Å². The van der Waals surface area contributed by atoms with Gasteiger partial charge in [0.25, 0.3) is 0 Å². The molecule has 1 saturated carbocycles. The van der Waals surface area contributed by atoms with Crippen LogP contribution in [-0.2, 0) is 11.7 Å². The van der Waals surface area contributed by atoms with Crippen molar-refractivity contribution in [1.82, 2.24) is 0 Å². The molecule has 2 nitrogen and oxygen atoms in total. The van der Waals surface area contributed by atoms with Crippen LogP contribution in [0.3, 0.4) is 0 Å². The van der Waals surface area contributed by atoms with Crippen LogP contribution in [0.25, 0.3) is 0 Å². The average molecular weight is 338 g/mol. The predicted octanol–water partition coefficient (Wildman–Crippen LogP) is 4.29. The summed E-state index contributed by atoms with van der Waals surface area (Å²) in [6.45, 7) is 0. The second-order valence-electron chi connectivity index (χ2n) is 5.07. The molecule has 1 fully saturated rings. The van der Waals surface area contributed by atoms with E-state index < -0.39 is 23.0 Å². The second-order valence-corrected chi connectivity index (χ2v) is 5.92. The normalized spacial score (nSPS) is 19.4. The van der Waals surface area contributed by atoms with Crippen molar-refractivity contribution in [2.75, 3.05) is 0 Å². The van der Waals surface area contributed by atoms with E-state index >= 15 is 0 Å². The summed E-state index contributed by atoms with van der Waals surface area (Å²) in [5, 5.41) is 9.53. The minimum absolute atomic E-state index is 0.0349. The summed E-state index contributed by atoms with van der Waals surface area (Å²) in [5.41, 5.74) is 4.91. The zero-order valence-electron chi connectivity index (χ0n) is 10.2. The lowest BCUT2D eigenvalue weighted by atomic mass is 9.77. The minimum Gasteiger partial charge on any atom is -0.506 e. The summed E-state index contributed by atoms with van der Waals surface area (Å²) < 4.78 is 38.7. The van der Waals surface area contributed by atoms with E-state index in [2.05, 4.69) is 15.9 Å². The van der Waals surface area contributed by atoms with Crippen LogP contribution < -0.4 is 5.73 Å². The molecule has 0 bridgehead atoms. The molecule has 2 rings (SSSR count). The second kappa shape index (κ2) is 4.98. The Bertz CT molecular complexity index is 482. The van der Waals surface area contributed by atoms with Gasteiger partial charge in [0, 0.05) is 5.54 Å². The molecule has 6 heteroatoms. The van der Waals surface area contributed by atoms with Crippen LogP contribution in [0.1, 0.15) is 43.2 Å². The van der Waals surface area contributed by atoms with Crippen molar-refractivity contribution >= 4 is 15.9 Å². The summed E-state index contributed by atoms with van der Waals surface area (Å²) in [7, 11) is 0. The fraction of sp³-hybridized carbons (Fsp3) is 0.538. The van der Waals surface area contributed by atoms with Gasteiger partial charge in [-0.1, -0.05) is 19.3 Å². The van der Waals surface area contributed by atoms with Crippen molar-refractivity contribution in [2.24, 2.45) is 5.73 Å². The van der Waals surface area contributed by atoms with Crippen molar-refractivity contribution in [3.63, 3.8) is 0 Å². The van der Waals surface area contributed by atoms with Gasteiger partial charge < -0.3 is 10.8 Å². The summed E-state index contributed by atoms with van der Waals surface area (Å²) in [4.78, 5) is 0. The molecular formula is C13H15BrF3NO. The van der Waals surface area contributed by atoms with Crippen LogP contribution in [-0.4, -0.2) is 5.11 Å². The first kappa shape index (κ1) is 14.7. The van der Waals surface area contributed by atoms with E-state index in [4.69, 9.17) is 5.73 Å². The maximum Gasteiger partial charge on any atom is 0.420 e. The quantitative estimate of drug-likeness (QED) is 0.802. The van der Waals surface area contributed by atoms with Crippen molar-refractivity contribution in [1.29, 1.82) is 0 Å². The van der Waals surface area contributed by atoms with E-state index in [1.165, 1.54) is 6.07 Å². The van der Waals surface area contributed by atoms with Crippen LogP contribution in [0.2, 0.25) is 0 Å². The van der Waals surface area contributed by atoms with Crippen molar-refractivity contribution in [3.05, 3.63) is 27.7 Å². The topological polar surface area (TPSA) is 46.2 Å². The predicted molar refractivity (Wildman–Crippen MR) is 69.8 cm³/mol. The zero-order chi connectivity index (χ0) is 14.3. The van der Waals surface area contributed by atoms with Crippen LogP contribution in [0.5, 0.6) is 5.75 Å². The third-order valence-corrected chi connectivity index (χ3v) is 4.29. The van der Waals surface area contributed by atoms with Gasteiger partial charge in [-0.25, -0.2) is 0 Å². The monoisotopic (exact) mass is 337 g/mol. The summed E-state index contributed by atoms with van der Waals surface area (Å²) >= 11 is 2.97. The maximum atomic E-state index is 12.9. The third-order valence-electron chi connectivity index (χ3n) is 3.69. The zero-order valence-corrected chi connectivity index (χ0v) is 11.8. The van der Waals surface area contributed by atoms with E-state index in [0.717, 1.165) is 25.3 Å². The van der Waals surface area contributed by atoms with E-state index in [9.17, 15) is 18.3 Å². The Morgan fingerprint density at radius 1 is 1.16 bits per heavy atom. The molecule has 1 aromatic rings. The van der Waals surface area contributed by atoms with Crippen LogP contribution in [0.4, 0.5) is 13.2 Å². The van der Waals surface area contributed by atoms with Gasteiger partial charge in [-0.05, 0) is 46.5 Å². The standard InChI is InChI=1S/C13H15BrF3NO/c14-10-7-8(12(18)4-2-1-3-5-12)6-9(11(10)19)13(15,16)17/h6-7,19H,1-5,18H2. The number of nitrogens with two attached hydrogens (primary N) is 1. The minimum atomic E-state index is -4.59. The van der Waals surface area contributed by atoms with Crippen molar-refractivity contribution < 1.29 is 18.3 Å². The molecule has 0 radical (unpaired) electrons. The van der Waals surface area contributed by atoms with Gasteiger partial charge in [0.1, 0.15) is 5.75 Å². The number of phenols is 1. The number of aromatic hydroxyl groups is 1. The summed E-state index contributed by atoms with van der Waals surface area (Å²) in [6, 6.07) is 2.47. The lowest BCUT2D eigenvalue weighted by Crippen LogP contribution is -2.38. The van der Waals surface area contributed by atoms with Gasteiger partial charge in [0.05, 0.1) is 10.0 Å². The van der Waals surface area contributed by atoms with Gasteiger partial charge in [-0.3, -0.25) is 0 Å². The molecule has 1 aromatic carbocycles. The maximum absolute atomic E-state index is 12.9. The molecule has 0 aromatic heterocycles. The van der Waals surface area contributed by atoms with Gasteiger partial charge in [0.2, 0.25) is 0 Å². The molecular weight excluding hydrogens is 323 g/mol. The molecule has 0 aliphatic heterocycles. The average Bonchev–Trinajstić information content (AvgIpc) is 2.31. The molecule has 0 atom stereocenters. The highest BCUT2D eigenvalue weighted by Gasteiger charge is 2.38. The Morgan fingerprint density at radius 2 is 1.74 bits per heavy atom. The Morgan fingerprint density at radius 3 is 2.26 bits per heavy atom. The Hall–Kier alpha value is -0.750. The Labute approximate surface area is 117 Å². The van der Waals surface area contributed by atoms with Crippen molar-refractivity contribution in [3.8, 4) is 5.75 Å². The Balaban J connectivity index is 2.50. The highest BCUT2D eigenvalue weighted by molar-refractivity contribution is 9.10. The van der Waals surface area contributed by atoms with E-state index in [-0.39, 0.29) is 4.47 Å². The van der Waals surface area contributed by atoms with E-state index in [1.807, 2.05) is 0 Å². The number of hydrogen-bond donors (Lipinski definition) is 2. The largest absolute Gasteiger partial charge is 0.506 e. The van der Waals surface area contributed by atoms with Crippen LogP contribution in [0.15, 0.2) is 16.6 Å². The molecule has 0 amide bonds. The SMILES string of the molecule is NC1(c2cc(Br)c(O)c(C(F)(F)F)c2)CCCCC1. The molecule has 0 heterocycles. The summed E-state index contributed by atoms with van der Waals surface area (Å²) in [6.07, 6.45) is -0.367. The van der Waals surface area contributed by atoms with Gasteiger partial charge in [0.15, 0.2) is 0 Å². The fourth-order valence-corrected chi connectivity index (χ4v) is 3.03. The highest BCUT2D eigenvalue weighted by atomic mass is 79.9. The van der Waals surface area contributed by atoms with Gasteiger partial charge >= 0.3 is 6.18 Å². The highest BCUT2D eigenvalue weighted by Crippen LogP contribution is 2.44. The van der Waals surface area contributed by atoms with Crippen LogP contribution >= 0.6 is 15.9 Å². The molecule has 0 unspecified atom stereocenters. The molecule has 1 aliphatic rings. The number of rotatable bonds is 1. The first-order valence-electron chi connectivity index (χ1n) is 6.13. The smallest absolute Gasteiger partial charge is 0.420 e. The lowest BCUT2D eigenvalue weighted by Gasteiger charge is -2.34. The number of hydrogen-bond acceptors (Lipinski definition) is 2. The third kappa shape index (κ3) is 2.89.